The third-order valence-electron chi connectivity index (χ3n) is 4.39. The van der Waals surface area contributed by atoms with Crippen molar-refractivity contribution in [2.75, 3.05) is 0 Å². The first-order valence-corrected chi connectivity index (χ1v) is 9.05. The molecule has 0 aliphatic carbocycles. The number of carbonyl (C=O) groups excluding carboxylic acids is 1. The molecule has 0 radical (unpaired) electrons. The van der Waals surface area contributed by atoms with Gasteiger partial charge in [0.25, 0.3) is 0 Å². The number of rotatable bonds is 15. The van der Waals surface area contributed by atoms with Crippen LogP contribution in [0.4, 0.5) is 0 Å². The quantitative estimate of drug-likeness (QED) is 0.277. The van der Waals surface area contributed by atoms with Crippen LogP contribution in [-0.2, 0) is 9.53 Å². The van der Waals surface area contributed by atoms with Crippen molar-refractivity contribution in [1.82, 2.24) is 0 Å². The molecule has 1 N–H and O–H groups in total. The Hall–Kier alpha value is -0.410. The predicted octanol–water partition coefficient (Wildman–Crippen LogP) is 4.40. The maximum atomic E-state index is 10.2. The minimum absolute atomic E-state index is 0.166. The average Bonchev–Trinajstić information content (AvgIpc) is 3.20. The second kappa shape index (κ2) is 12.2. The molecule has 1 heterocycles. The molecule has 0 aromatic carbocycles. The first-order chi connectivity index (χ1) is 10.3. The van der Waals surface area contributed by atoms with E-state index in [1.54, 1.807) is 0 Å². The number of aldehydes is 1. The highest BCUT2D eigenvalue weighted by Crippen LogP contribution is 2.32. The molecule has 3 heteroatoms. The van der Waals surface area contributed by atoms with Gasteiger partial charge in [-0.15, -0.1) is 0 Å². The van der Waals surface area contributed by atoms with E-state index in [1.165, 1.54) is 44.9 Å². The summed E-state index contributed by atoms with van der Waals surface area (Å²) >= 11 is 0. The van der Waals surface area contributed by atoms with Crippen LogP contribution in [0.25, 0.3) is 0 Å². The largest absolute Gasteiger partial charge is 0.393 e. The average molecular weight is 298 g/mol. The summed E-state index contributed by atoms with van der Waals surface area (Å²) in [7, 11) is 0. The zero-order chi connectivity index (χ0) is 15.3. The summed E-state index contributed by atoms with van der Waals surface area (Å²) in [6, 6.07) is 0. The number of unbranched alkanes of at least 4 members (excludes halogenated alkanes) is 8. The van der Waals surface area contributed by atoms with Crippen molar-refractivity contribution in [2.45, 2.75) is 109 Å². The van der Waals surface area contributed by atoms with Gasteiger partial charge in [0.15, 0.2) is 0 Å². The lowest BCUT2D eigenvalue weighted by molar-refractivity contribution is -0.107. The minimum atomic E-state index is -0.166. The van der Waals surface area contributed by atoms with Crippen molar-refractivity contribution in [1.29, 1.82) is 0 Å². The number of aliphatic hydroxyl groups is 1. The Morgan fingerprint density at radius 3 is 2.48 bits per heavy atom. The summed E-state index contributed by atoms with van der Waals surface area (Å²) in [5.41, 5.74) is 0. The van der Waals surface area contributed by atoms with Gasteiger partial charge in [-0.2, -0.15) is 0 Å². The zero-order valence-corrected chi connectivity index (χ0v) is 13.8. The lowest BCUT2D eigenvalue weighted by Gasteiger charge is -2.08. The van der Waals surface area contributed by atoms with Crippen LogP contribution in [0.5, 0.6) is 0 Å². The van der Waals surface area contributed by atoms with Gasteiger partial charge in [-0.25, -0.2) is 0 Å². The van der Waals surface area contributed by atoms with E-state index >= 15 is 0 Å². The highest BCUT2D eigenvalue weighted by Gasteiger charge is 2.38. The monoisotopic (exact) mass is 298 g/mol. The van der Waals surface area contributed by atoms with Crippen molar-refractivity contribution in [3.63, 3.8) is 0 Å². The molecular formula is C18H34O3. The molecule has 1 aliphatic heterocycles. The minimum Gasteiger partial charge on any atom is -0.393 e. The normalized spacial score (nSPS) is 22.2. The van der Waals surface area contributed by atoms with Crippen molar-refractivity contribution in [3.05, 3.63) is 0 Å². The number of hydrogen-bond donors (Lipinski definition) is 1. The number of ether oxygens (including phenoxy) is 1. The third kappa shape index (κ3) is 10.0. The first-order valence-electron chi connectivity index (χ1n) is 9.05. The van der Waals surface area contributed by atoms with Crippen LogP contribution >= 0.6 is 0 Å². The fourth-order valence-electron chi connectivity index (χ4n) is 2.94. The molecule has 0 aromatic rings. The van der Waals surface area contributed by atoms with Crippen molar-refractivity contribution >= 4 is 6.29 Å². The fraction of sp³-hybridized carbons (Fsp3) is 0.944. The molecule has 0 amide bonds. The molecule has 1 rings (SSSR count). The molecule has 1 aliphatic rings. The first kappa shape index (κ1) is 18.6. The van der Waals surface area contributed by atoms with Gasteiger partial charge in [-0.3, -0.25) is 0 Å². The Balaban J connectivity index is 1.86. The van der Waals surface area contributed by atoms with Crippen LogP contribution in [0.3, 0.4) is 0 Å². The maximum absolute atomic E-state index is 10.2. The van der Waals surface area contributed by atoms with Crippen LogP contribution in [0, 0.1) is 0 Å². The van der Waals surface area contributed by atoms with Gasteiger partial charge in [-0.1, -0.05) is 58.3 Å². The van der Waals surface area contributed by atoms with Gasteiger partial charge in [0.05, 0.1) is 18.3 Å². The molecule has 0 saturated carbocycles. The number of aliphatic hydroxyl groups excluding tert-OH is 1. The Kier molecular flexibility index (Phi) is 10.8. The van der Waals surface area contributed by atoms with E-state index in [0.29, 0.717) is 18.6 Å². The smallest absolute Gasteiger partial charge is 0.119 e. The van der Waals surface area contributed by atoms with Crippen molar-refractivity contribution in [3.8, 4) is 0 Å². The Morgan fingerprint density at radius 2 is 1.71 bits per heavy atom. The van der Waals surface area contributed by atoms with Crippen LogP contribution in [0.15, 0.2) is 0 Å². The van der Waals surface area contributed by atoms with Crippen LogP contribution in [-0.4, -0.2) is 29.7 Å². The van der Waals surface area contributed by atoms with Crippen molar-refractivity contribution in [2.24, 2.45) is 0 Å². The topological polar surface area (TPSA) is 49.8 Å². The second-order valence-corrected chi connectivity index (χ2v) is 6.46. The predicted molar refractivity (Wildman–Crippen MR) is 86.4 cm³/mol. The third-order valence-corrected chi connectivity index (χ3v) is 4.39. The summed E-state index contributed by atoms with van der Waals surface area (Å²) in [6.07, 6.45) is 16.0. The summed E-state index contributed by atoms with van der Waals surface area (Å²) < 4.78 is 5.65. The maximum Gasteiger partial charge on any atom is 0.119 e. The molecule has 3 unspecified atom stereocenters. The van der Waals surface area contributed by atoms with E-state index in [1.807, 2.05) is 0 Å². The van der Waals surface area contributed by atoms with E-state index < -0.39 is 0 Å². The highest BCUT2D eigenvalue weighted by atomic mass is 16.6. The summed E-state index contributed by atoms with van der Waals surface area (Å²) in [5.74, 6) is 0. The van der Waals surface area contributed by atoms with Gasteiger partial charge < -0.3 is 14.6 Å². The Labute approximate surface area is 130 Å². The molecule has 0 spiro atoms. The van der Waals surface area contributed by atoms with Crippen LogP contribution < -0.4 is 0 Å². The van der Waals surface area contributed by atoms with E-state index in [-0.39, 0.29) is 6.10 Å². The SMILES string of the molecule is CCCCCCC(O)CC1OC1CCCCCCCC=O. The Morgan fingerprint density at radius 1 is 1.00 bits per heavy atom. The van der Waals surface area contributed by atoms with Gasteiger partial charge >= 0.3 is 0 Å². The summed E-state index contributed by atoms with van der Waals surface area (Å²) in [5, 5.41) is 9.96. The molecule has 124 valence electrons. The second-order valence-electron chi connectivity index (χ2n) is 6.46. The molecule has 1 saturated heterocycles. The number of carbonyl (C=O) groups is 1. The Bertz CT molecular complexity index is 255. The van der Waals surface area contributed by atoms with E-state index in [0.717, 1.165) is 38.4 Å². The zero-order valence-electron chi connectivity index (χ0n) is 13.8. The molecule has 3 atom stereocenters. The van der Waals surface area contributed by atoms with Crippen LogP contribution in [0.2, 0.25) is 0 Å². The van der Waals surface area contributed by atoms with Crippen molar-refractivity contribution < 1.29 is 14.6 Å². The molecular weight excluding hydrogens is 264 g/mol. The lowest BCUT2D eigenvalue weighted by Crippen LogP contribution is -2.11. The highest BCUT2D eigenvalue weighted by molar-refractivity contribution is 5.48. The molecule has 0 aromatic heterocycles. The standard InChI is InChI=1S/C18H34O3/c1-2-3-4-9-12-16(20)15-18-17(21-18)13-10-7-5-6-8-11-14-19/h14,16-18,20H,2-13,15H2,1H3. The molecule has 1 fully saturated rings. The number of hydrogen-bond acceptors (Lipinski definition) is 3. The summed E-state index contributed by atoms with van der Waals surface area (Å²) in [4.78, 5) is 10.2. The summed E-state index contributed by atoms with van der Waals surface area (Å²) in [6.45, 7) is 2.21. The van der Waals surface area contributed by atoms with Gasteiger partial charge in [0.2, 0.25) is 0 Å². The molecule has 0 bridgehead atoms. The van der Waals surface area contributed by atoms with Gasteiger partial charge in [0.1, 0.15) is 6.29 Å². The van der Waals surface area contributed by atoms with E-state index in [2.05, 4.69) is 6.92 Å². The van der Waals surface area contributed by atoms with Gasteiger partial charge in [0, 0.05) is 12.8 Å². The van der Waals surface area contributed by atoms with Gasteiger partial charge in [-0.05, 0) is 19.3 Å². The molecule has 3 nitrogen and oxygen atoms in total. The van der Waals surface area contributed by atoms with E-state index in [9.17, 15) is 9.90 Å². The van der Waals surface area contributed by atoms with Crippen LogP contribution in [0.1, 0.15) is 90.4 Å². The number of epoxide rings is 1. The molecule has 21 heavy (non-hydrogen) atoms. The van der Waals surface area contributed by atoms with E-state index in [4.69, 9.17) is 4.74 Å². The lowest BCUT2D eigenvalue weighted by atomic mass is 10.0. The fourth-order valence-corrected chi connectivity index (χ4v) is 2.94.